The van der Waals surface area contributed by atoms with Crippen molar-refractivity contribution in [2.24, 2.45) is 0 Å². The number of aromatic nitrogens is 2. The highest BCUT2D eigenvalue weighted by atomic mass is 32.2. The maximum atomic E-state index is 5.68. The standard InChI is InChI=1S/C8H12N4S/c9-7-8(12-4-3-11-7)13-6-1-2-10-5-6/h3-4,6,10H,1-2,5H2,(H2,9,11). The molecular formula is C8H12N4S. The summed E-state index contributed by atoms with van der Waals surface area (Å²) in [5.41, 5.74) is 5.68. The molecule has 13 heavy (non-hydrogen) atoms. The second-order valence-corrected chi connectivity index (χ2v) is 4.27. The van der Waals surface area contributed by atoms with Gasteiger partial charge in [0, 0.05) is 24.2 Å². The SMILES string of the molecule is Nc1nccnc1SC1CCNC1. The molecular weight excluding hydrogens is 184 g/mol. The maximum absolute atomic E-state index is 5.68. The maximum Gasteiger partial charge on any atom is 0.156 e. The predicted molar refractivity (Wildman–Crippen MR) is 53.6 cm³/mol. The number of hydrogen-bond acceptors (Lipinski definition) is 5. The van der Waals surface area contributed by atoms with E-state index in [1.165, 1.54) is 6.42 Å². The Hall–Kier alpha value is -0.810. The Morgan fingerprint density at radius 2 is 2.31 bits per heavy atom. The number of rotatable bonds is 2. The Labute approximate surface area is 81.3 Å². The van der Waals surface area contributed by atoms with Gasteiger partial charge in [0.1, 0.15) is 5.03 Å². The summed E-state index contributed by atoms with van der Waals surface area (Å²) in [5, 5.41) is 4.76. The highest BCUT2D eigenvalue weighted by Gasteiger charge is 2.17. The number of thioether (sulfide) groups is 1. The molecule has 0 saturated carbocycles. The van der Waals surface area contributed by atoms with Gasteiger partial charge in [0.15, 0.2) is 5.82 Å². The fourth-order valence-electron chi connectivity index (χ4n) is 1.31. The summed E-state index contributed by atoms with van der Waals surface area (Å²) in [6.07, 6.45) is 4.48. The quantitative estimate of drug-likeness (QED) is 0.721. The molecule has 1 unspecified atom stereocenters. The van der Waals surface area contributed by atoms with Crippen LogP contribution in [0, 0.1) is 0 Å². The summed E-state index contributed by atoms with van der Waals surface area (Å²) in [4.78, 5) is 8.18. The highest BCUT2D eigenvalue weighted by Crippen LogP contribution is 2.27. The largest absolute Gasteiger partial charge is 0.381 e. The van der Waals surface area contributed by atoms with Crippen LogP contribution in [0.25, 0.3) is 0 Å². The topological polar surface area (TPSA) is 63.8 Å². The van der Waals surface area contributed by atoms with Gasteiger partial charge < -0.3 is 11.1 Å². The molecule has 1 aromatic rings. The molecule has 70 valence electrons. The first kappa shape index (κ1) is 8.77. The zero-order valence-corrected chi connectivity index (χ0v) is 8.05. The Bertz CT molecular complexity index is 285. The monoisotopic (exact) mass is 196 g/mol. The fourth-order valence-corrected chi connectivity index (χ4v) is 2.36. The molecule has 2 heterocycles. The van der Waals surface area contributed by atoms with Crippen molar-refractivity contribution in [1.29, 1.82) is 0 Å². The third kappa shape index (κ3) is 2.10. The zero-order valence-electron chi connectivity index (χ0n) is 7.23. The summed E-state index contributed by atoms with van der Waals surface area (Å²) >= 11 is 1.72. The molecule has 0 spiro atoms. The van der Waals surface area contributed by atoms with Gasteiger partial charge in [-0.25, -0.2) is 9.97 Å². The van der Waals surface area contributed by atoms with Crippen LogP contribution >= 0.6 is 11.8 Å². The van der Waals surface area contributed by atoms with Crippen LogP contribution in [0.4, 0.5) is 5.82 Å². The molecule has 2 rings (SSSR count). The third-order valence-corrected chi connectivity index (χ3v) is 3.26. The average Bonchev–Trinajstić information content (AvgIpc) is 2.61. The Balaban J connectivity index is 2.04. The van der Waals surface area contributed by atoms with E-state index in [9.17, 15) is 0 Å². The van der Waals surface area contributed by atoms with E-state index in [1.807, 2.05) is 0 Å². The van der Waals surface area contributed by atoms with Gasteiger partial charge in [-0.2, -0.15) is 0 Å². The van der Waals surface area contributed by atoms with Crippen LogP contribution in [0.1, 0.15) is 6.42 Å². The zero-order chi connectivity index (χ0) is 9.10. The minimum absolute atomic E-state index is 0.541. The summed E-state index contributed by atoms with van der Waals surface area (Å²) < 4.78 is 0. The molecule has 5 heteroatoms. The molecule has 1 aliphatic rings. The Morgan fingerprint density at radius 1 is 1.46 bits per heavy atom. The van der Waals surface area contributed by atoms with Crippen LogP contribution in [-0.4, -0.2) is 28.3 Å². The molecule has 1 fully saturated rings. The fraction of sp³-hybridized carbons (Fsp3) is 0.500. The van der Waals surface area contributed by atoms with E-state index in [0.29, 0.717) is 11.1 Å². The predicted octanol–water partition coefficient (Wildman–Crippen LogP) is 0.513. The molecule has 0 bridgehead atoms. The van der Waals surface area contributed by atoms with Crippen LogP contribution < -0.4 is 11.1 Å². The van der Waals surface area contributed by atoms with Gasteiger partial charge in [-0.3, -0.25) is 0 Å². The number of hydrogen-bond donors (Lipinski definition) is 2. The van der Waals surface area contributed by atoms with Crippen LogP contribution in [0.5, 0.6) is 0 Å². The highest BCUT2D eigenvalue weighted by molar-refractivity contribution is 8.00. The number of nitrogens with one attached hydrogen (secondary N) is 1. The lowest BCUT2D eigenvalue weighted by atomic mass is 10.4. The number of nitrogens with two attached hydrogens (primary N) is 1. The van der Waals surface area contributed by atoms with Gasteiger partial charge in [-0.15, -0.1) is 0 Å². The minimum atomic E-state index is 0.541. The lowest BCUT2D eigenvalue weighted by Gasteiger charge is -2.07. The smallest absolute Gasteiger partial charge is 0.156 e. The summed E-state index contributed by atoms with van der Waals surface area (Å²) in [6.45, 7) is 2.14. The van der Waals surface area contributed by atoms with Gasteiger partial charge >= 0.3 is 0 Å². The van der Waals surface area contributed by atoms with Crippen LogP contribution in [0.2, 0.25) is 0 Å². The van der Waals surface area contributed by atoms with E-state index >= 15 is 0 Å². The van der Waals surface area contributed by atoms with E-state index in [2.05, 4.69) is 15.3 Å². The average molecular weight is 196 g/mol. The lowest BCUT2D eigenvalue weighted by Crippen LogP contribution is -2.10. The summed E-state index contributed by atoms with van der Waals surface area (Å²) in [7, 11) is 0. The van der Waals surface area contributed by atoms with E-state index in [1.54, 1.807) is 24.2 Å². The minimum Gasteiger partial charge on any atom is -0.381 e. The van der Waals surface area contributed by atoms with Gasteiger partial charge in [0.05, 0.1) is 0 Å². The second-order valence-electron chi connectivity index (χ2n) is 2.98. The number of nitrogens with zero attached hydrogens (tertiary/aromatic N) is 2. The molecule has 1 aliphatic heterocycles. The van der Waals surface area contributed by atoms with Gasteiger partial charge in [-0.1, -0.05) is 11.8 Å². The summed E-state index contributed by atoms with van der Waals surface area (Å²) in [6, 6.07) is 0. The van der Waals surface area contributed by atoms with Crippen molar-refractivity contribution < 1.29 is 0 Å². The molecule has 0 radical (unpaired) electrons. The Kier molecular flexibility index (Phi) is 2.65. The van der Waals surface area contributed by atoms with Crippen LogP contribution in [-0.2, 0) is 0 Å². The van der Waals surface area contributed by atoms with Crippen molar-refractivity contribution in [3.63, 3.8) is 0 Å². The number of anilines is 1. The lowest BCUT2D eigenvalue weighted by molar-refractivity contribution is 0.858. The van der Waals surface area contributed by atoms with Crippen molar-refractivity contribution in [1.82, 2.24) is 15.3 Å². The van der Waals surface area contributed by atoms with Crippen LogP contribution in [0.15, 0.2) is 17.4 Å². The third-order valence-electron chi connectivity index (χ3n) is 1.98. The molecule has 4 nitrogen and oxygen atoms in total. The molecule has 1 aromatic heterocycles. The molecule has 0 aliphatic carbocycles. The van der Waals surface area contributed by atoms with Crippen LogP contribution in [0.3, 0.4) is 0 Å². The Morgan fingerprint density at radius 3 is 3.00 bits per heavy atom. The van der Waals surface area contributed by atoms with Gasteiger partial charge in [-0.05, 0) is 13.0 Å². The van der Waals surface area contributed by atoms with E-state index in [-0.39, 0.29) is 0 Å². The normalized spacial score (nSPS) is 22.0. The first-order valence-corrected chi connectivity index (χ1v) is 5.18. The molecule has 0 aromatic carbocycles. The molecule has 3 N–H and O–H groups in total. The van der Waals surface area contributed by atoms with Crippen molar-refractivity contribution in [3.8, 4) is 0 Å². The van der Waals surface area contributed by atoms with Gasteiger partial charge in [0.2, 0.25) is 0 Å². The second kappa shape index (κ2) is 3.93. The first-order valence-electron chi connectivity index (χ1n) is 4.30. The summed E-state index contributed by atoms with van der Waals surface area (Å²) in [5.74, 6) is 0.541. The van der Waals surface area contributed by atoms with E-state index < -0.39 is 0 Å². The van der Waals surface area contributed by atoms with E-state index in [0.717, 1.165) is 18.1 Å². The molecule has 1 atom stereocenters. The molecule has 0 amide bonds. The van der Waals surface area contributed by atoms with Gasteiger partial charge in [0.25, 0.3) is 0 Å². The number of nitrogen functional groups attached to an aromatic ring is 1. The van der Waals surface area contributed by atoms with Crippen molar-refractivity contribution in [3.05, 3.63) is 12.4 Å². The van der Waals surface area contributed by atoms with Crippen molar-refractivity contribution in [2.75, 3.05) is 18.8 Å². The van der Waals surface area contributed by atoms with Crippen molar-refractivity contribution in [2.45, 2.75) is 16.7 Å². The van der Waals surface area contributed by atoms with E-state index in [4.69, 9.17) is 5.73 Å². The molecule has 1 saturated heterocycles. The van der Waals surface area contributed by atoms with Crippen molar-refractivity contribution >= 4 is 17.6 Å². The first-order chi connectivity index (χ1) is 6.36.